The highest BCUT2D eigenvalue weighted by Crippen LogP contribution is 2.34. The maximum atomic E-state index is 13.3. The van der Waals surface area contributed by atoms with Crippen LogP contribution in [0.25, 0.3) is 0 Å². The average Bonchev–Trinajstić information content (AvgIpc) is 3.23. The van der Waals surface area contributed by atoms with Crippen molar-refractivity contribution in [2.24, 2.45) is 5.92 Å². The molecule has 2 aromatic rings. The Balaban J connectivity index is 1.42. The smallest absolute Gasteiger partial charge is 0.242 e. The average molecular weight is 506 g/mol. The number of benzene rings is 2. The van der Waals surface area contributed by atoms with Gasteiger partial charge in [0.1, 0.15) is 0 Å². The van der Waals surface area contributed by atoms with E-state index in [-0.39, 0.29) is 22.5 Å². The molecular weight excluding hydrogens is 474 g/mol. The highest BCUT2D eigenvalue weighted by molar-refractivity contribution is 7.89. The molecule has 8 nitrogen and oxygen atoms in total. The van der Waals surface area contributed by atoms with Crippen LogP contribution in [0.1, 0.15) is 29.5 Å². The van der Waals surface area contributed by atoms with Gasteiger partial charge in [-0.1, -0.05) is 24.3 Å². The number of fused-ring (bicyclic) bond motifs is 1. The van der Waals surface area contributed by atoms with Crippen LogP contribution in [0.4, 0.5) is 5.69 Å². The van der Waals surface area contributed by atoms with Crippen LogP contribution in [0.15, 0.2) is 47.4 Å². The Morgan fingerprint density at radius 3 is 2.32 bits per heavy atom. The molecule has 2 aliphatic rings. The molecule has 1 fully saturated rings. The molecule has 0 radical (unpaired) electrons. The second kappa shape index (κ2) is 9.41. The summed E-state index contributed by atoms with van der Waals surface area (Å²) >= 11 is 0. The lowest BCUT2D eigenvalue weighted by Crippen LogP contribution is -2.44. The van der Waals surface area contributed by atoms with Gasteiger partial charge in [0.05, 0.1) is 10.6 Å². The van der Waals surface area contributed by atoms with Crippen molar-refractivity contribution in [1.29, 1.82) is 0 Å². The summed E-state index contributed by atoms with van der Waals surface area (Å²) in [6.45, 7) is 3.06. The maximum Gasteiger partial charge on any atom is 0.242 e. The van der Waals surface area contributed by atoms with E-state index in [0.717, 1.165) is 22.4 Å². The monoisotopic (exact) mass is 505 g/mol. The van der Waals surface area contributed by atoms with E-state index >= 15 is 0 Å². The lowest BCUT2D eigenvalue weighted by atomic mass is 9.96. The van der Waals surface area contributed by atoms with Gasteiger partial charge in [0, 0.05) is 45.3 Å². The Morgan fingerprint density at radius 1 is 1.00 bits per heavy atom. The van der Waals surface area contributed by atoms with Crippen LogP contribution in [-0.2, 0) is 37.0 Å². The number of carbonyl (C=O) groups is 1. The molecule has 10 heteroatoms. The first-order valence-corrected chi connectivity index (χ1v) is 14.4. The first kappa shape index (κ1) is 24.8. The number of hydrogen-bond acceptors (Lipinski definition) is 5. The van der Waals surface area contributed by atoms with E-state index in [4.69, 9.17) is 0 Å². The topological polar surface area (TPSA) is 95.1 Å². The van der Waals surface area contributed by atoms with E-state index in [0.29, 0.717) is 38.9 Å². The zero-order valence-corrected chi connectivity index (χ0v) is 21.4. The Hall–Kier alpha value is -2.27. The predicted octanol–water partition coefficient (Wildman–Crippen LogP) is 2.38. The standard InChI is InChI=1S/C24H31N3O5S2/c1-18-6-4-5-7-21(18)17-33(29,30)26-13-10-19(11-14-26)24(28)27-15-12-20-16-22(8-9-23(20)27)34(31,32)25(2)3/h4-9,16,19H,10-15,17H2,1-3H3. The SMILES string of the molecule is Cc1ccccc1CS(=O)(=O)N1CCC(C(=O)N2CCc3cc(S(=O)(=O)N(C)C)ccc32)CC1. The molecule has 184 valence electrons. The highest BCUT2D eigenvalue weighted by Gasteiger charge is 2.36. The number of rotatable bonds is 6. The third-order valence-electron chi connectivity index (χ3n) is 6.79. The summed E-state index contributed by atoms with van der Waals surface area (Å²) in [5.41, 5.74) is 3.34. The van der Waals surface area contributed by atoms with Gasteiger partial charge in [0.15, 0.2) is 0 Å². The first-order valence-electron chi connectivity index (χ1n) is 11.4. The largest absolute Gasteiger partial charge is 0.312 e. The fraction of sp³-hybridized carbons (Fsp3) is 0.458. The number of amides is 1. The highest BCUT2D eigenvalue weighted by atomic mass is 32.2. The molecule has 1 amide bonds. The van der Waals surface area contributed by atoms with E-state index in [1.807, 2.05) is 31.2 Å². The Labute approximate surface area is 202 Å². The third-order valence-corrected chi connectivity index (χ3v) is 10.4. The molecule has 0 aliphatic carbocycles. The van der Waals surface area contributed by atoms with Crippen molar-refractivity contribution in [3.63, 3.8) is 0 Å². The van der Waals surface area contributed by atoms with Crippen molar-refractivity contribution >= 4 is 31.6 Å². The Morgan fingerprint density at radius 2 is 1.68 bits per heavy atom. The molecule has 0 unspecified atom stereocenters. The zero-order valence-electron chi connectivity index (χ0n) is 19.8. The minimum Gasteiger partial charge on any atom is -0.312 e. The lowest BCUT2D eigenvalue weighted by Gasteiger charge is -2.32. The van der Waals surface area contributed by atoms with E-state index in [1.165, 1.54) is 22.7 Å². The zero-order chi connectivity index (χ0) is 24.7. The van der Waals surface area contributed by atoms with Gasteiger partial charge in [-0.25, -0.2) is 25.4 Å². The van der Waals surface area contributed by atoms with Crippen LogP contribution in [0, 0.1) is 12.8 Å². The molecule has 0 atom stereocenters. The van der Waals surface area contributed by atoms with Crippen LogP contribution in [0.2, 0.25) is 0 Å². The minimum atomic E-state index is -3.53. The molecule has 0 spiro atoms. The molecule has 0 aromatic heterocycles. The molecular formula is C24H31N3O5S2. The van der Waals surface area contributed by atoms with Crippen molar-refractivity contribution < 1.29 is 21.6 Å². The molecule has 4 rings (SSSR count). The fourth-order valence-corrected chi connectivity index (χ4v) is 7.26. The molecule has 0 bridgehead atoms. The van der Waals surface area contributed by atoms with Gasteiger partial charge in [0.25, 0.3) is 0 Å². The number of carbonyl (C=O) groups excluding carboxylic acids is 1. The first-order chi connectivity index (χ1) is 16.0. The van der Waals surface area contributed by atoms with Crippen LogP contribution < -0.4 is 4.90 Å². The lowest BCUT2D eigenvalue weighted by molar-refractivity contribution is -0.123. The van der Waals surface area contributed by atoms with Crippen molar-refractivity contribution in [2.45, 2.75) is 36.8 Å². The molecule has 1 saturated heterocycles. The van der Waals surface area contributed by atoms with Crippen molar-refractivity contribution in [3.8, 4) is 0 Å². The van der Waals surface area contributed by atoms with Gasteiger partial charge < -0.3 is 4.90 Å². The van der Waals surface area contributed by atoms with E-state index in [9.17, 15) is 21.6 Å². The quantitative estimate of drug-likeness (QED) is 0.601. The van der Waals surface area contributed by atoms with Crippen LogP contribution in [-0.4, -0.2) is 65.1 Å². The molecule has 0 saturated carbocycles. The number of nitrogens with zero attached hydrogens (tertiary/aromatic N) is 3. The van der Waals surface area contributed by atoms with Crippen molar-refractivity contribution in [2.75, 3.05) is 38.6 Å². The van der Waals surface area contributed by atoms with Gasteiger partial charge in [-0.3, -0.25) is 4.79 Å². The molecule has 34 heavy (non-hydrogen) atoms. The van der Waals surface area contributed by atoms with Crippen LogP contribution >= 0.6 is 0 Å². The number of piperidine rings is 1. The van der Waals surface area contributed by atoms with E-state index < -0.39 is 20.0 Å². The van der Waals surface area contributed by atoms with Gasteiger partial charge in [-0.05, 0) is 61.1 Å². The number of hydrogen-bond donors (Lipinski definition) is 0. The third kappa shape index (κ3) is 4.77. The van der Waals surface area contributed by atoms with Crippen molar-refractivity contribution in [1.82, 2.24) is 8.61 Å². The molecule has 2 heterocycles. The van der Waals surface area contributed by atoms with Crippen LogP contribution in [0.5, 0.6) is 0 Å². The second-order valence-corrected chi connectivity index (χ2v) is 13.3. The van der Waals surface area contributed by atoms with Gasteiger partial charge in [0.2, 0.25) is 26.0 Å². The summed E-state index contributed by atoms with van der Waals surface area (Å²) in [4.78, 5) is 15.2. The van der Waals surface area contributed by atoms with Crippen molar-refractivity contribution in [3.05, 3.63) is 59.2 Å². The van der Waals surface area contributed by atoms with Gasteiger partial charge >= 0.3 is 0 Å². The summed E-state index contributed by atoms with van der Waals surface area (Å²) in [6, 6.07) is 12.4. The van der Waals surface area contributed by atoms with Gasteiger partial charge in [-0.2, -0.15) is 0 Å². The second-order valence-electron chi connectivity index (χ2n) is 9.17. The molecule has 2 aliphatic heterocycles. The van der Waals surface area contributed by atoms with Crippen LogP contribution in [0.3, 0.4) is 0 Å². The minimum absolute atomic E-state index is 0.0158. The van der Waals surface area contributed by atoms with Gasteiger partial charge in [-0.15, -0.1) is 0 Å². The summed E-state index contributed by atoms with van der Waals surface area (Å²) in [7, 11) is -4.00. The van der Waals surface area contributed by atoms with E-state index in [2.05, 4.69) is 0 Å². The maximum absolute atomic E-state index is 13.3. The predicted molar refractivity (Wildman–Crippen MR) is 131 cm³/mol. The number of aryl methyl sites for hydroxylation is 1. The molecule has 2 aromatic carbocycles. The van der Waals surface area contributed by atoms with E-state index in [1.54, 1.807) is 23.1 Å². The normalized spacial score (nSPS) is 17.8. The molecule has 0 N–H and O–H groups in total. The summed E-state index contributed by atoms with van der Waals surface area (Å²) in [5.74, 6) is -0.297. The summed E-state index contributed by atoms with van der Waals surface area (Å²) < 4.78 is 53.4. The fourth-order valence-electron chi connectivity index (χ4n) is 4.64. The number of sulfonamides is 2. The summed E-state index contributed by atoms with van der Waals surface area (Å²) in [6.07, 6.45) is 1.55. The Bertz CT molecular complexity index is 1300. The summed E-state index contributed by atoms with van der Waals surface area (Å²) in [5, 5.41) is 0. The number of anilines is 1. The Kier molecular flexibility index (Phi) is 6.87.